The quantitative estimate of drug-likeness (QED) is 0.754. The summed E-state index contributed by atoms with van der Waals surface area (Å²) in [6.07, 6.45) is 6.92. The molecular weight excluding hydrogens is 292 g/mol. The first-order valence-corrected chi connectivity index (χ1v) is 8.08. The molecule has 2 N–H and O–H groups in total. The third-order valence-corrected chi connectivity index (χ3v) is 4.76. The number of hydrogen-bond acceptors (Lipinski definition) is 3. The number of carbonyl (C=O) groups is 2. The molecule has 2 aliphatic carbocycles. The molecular formula is C18H22N2O3. The Balaban J connectivity index is 1.53. The van der Waals surface area contributed by atoms with Crippen LogP contribution in [0.25, 0.3) is 0 Å². The van der Waals surface area contributed by atoms with Crippen LogP contribution in [0, 0.1) is 17.8 Å². The van der Waals surface area contributed by atoms with Crippen molar-refractivity contribution in [1.82, 2.24) is 5.32 Å². The van der Waals surface area contributed by atoms with Crippen molar-refractivity contribution in [3.8, 4) is 0 Å². The lowest BCUT2D eigenvalue weighted by atomic mass is 9.94. The number of hydrogen-bond donors (Lipinski definition) is 2. The monoisotopic (exact) mass is 314 g/mol. The highest BCUT2D eigenvalue weighted by atomic mass is 16.4. The van der Waals surface area contributed by atoms with E-state index in [9.17, 15) is 9.59 Å². The molecule has 1 amide bonds. The second kappa shape index (κ2) is 6.86. The van der Waals surface area contributed by atoms with E-state index >= 15 is 0 Å². The molecule has 122 valence electrons. The first kappa shape index (κ1) is 15.6. The van der Waals surface area contributed by atoms with Crippen molar-refractivity contribution in [2.75, 3.05) is 24.5 Å². The van der Waals surface area contributed by atoms with E-state index in [-0.39, 0.29) is 19.0 Å². The summed E-state index contributed by atoms with van der Waals surface area (Å²) in [5.74, 6) is 0.750. The fraction of sp³-hybridized carbons (Fsp3) is 0.444. The molecule has 1 aromatic carbocycles. The number of rotatable bonds is 7. The number of carboxylic acids is 1. The van der Waals surface area contributed by atoms with Gasteiger partial charge < -0.3 is 15.3 Å². The van der Waals surface area contributed by atoms with E-state index < -0.39 is 5.97 Å². The van der Waals surface area contributed by atoms with Gasteiger partial charge in [-0.1, -0.05) is 30.4 Å². The fourth-order valence-electron chi connectivity index (χ4n) is 3.64. The molecule has 0 spiro atoms. The topological polar surface area (TPSA) is 69.6 Å². The lowest BCUT2D eigenvalue weighted by molar-refractivity contribution is -0.135. The van der Waals surface area contributed by atoms with Gasteiger partial charge in [-0.25, -0.2) is 0 Å². The summed E-state index contributed by atoms with van der Waals surface area (Å²) in [4.78, 5) is 24.8. The summed E-state index contributed by atoms with van der Waals surface area (Å²) < 4.78 is 0. The molecule has 5 heteroatoms. The summed E-state index contributed by atoms with van der Waals surface area (Å²) in [5, 5.41) is 12.0. The Labute approximate surface area is 136 Å². The number of carboxylic acid groups (broad SMARTS) is 1. The van der Waals surface area contributed by atoms with Crippen LogP contribution in [0.4, 0.5) is 5.69 Å². The molecule has 2 aliphatic rings. The lowest BCUT2D eigenvalue weighted by Crippen LogP contribution is -2.41. The second-order valence-electron chi connectivity index (χ2n) is 6.43. The van der Waals surface area contributed by atoms with E-state index in [1.165, 1.54) is 6.42 Å². The van der Waals surface area contributed by atoms with Gasteiger partial charge >= 0.3 is 5.97 Å². The Morgan fingerprint density at radius 2 is 1.91 bits per heavy atom. The van der Waals surface area contributed by atoms with Crippen molar-refractivity contribution in [3.05, 3.63) is 42.5 Å². The van der Waals surface area contributed by atoms with E-state index in [2.05, 4.69) is 17.5 Å². The summed E-state index contributed by atoms with van der Waals surface area (Å²) in [6, 6.07) is 9.17. The molecule has 2 bridgehead atoms. The summed E-state index contributed by atoms with van der Waals surface area (Å²) >= 11 is 0. The first-order valence-electron chi connectivity index (χ1n) is 8.08. The first-order chi connectivity index (χ1) is 11.1. The van der Waals surface area contributed by atoms with Gasteiger partial charge in [0.1, 0.15) is 6.54 Å². The van der Waals surface area contributed by atoms with E-state index in [1.54, 1.807) is 4.90 Å². The number of anilines is 1. The van der Waals surface area contributed by atoms with Gasteiger partial charge in [-0.15, -0.1) is 0 Å². The molecule has 1 saturated carbocycles. The number of nitrogens with zero attached hydrogens (tertiary/aromatic N) is 1. The van der Waals surface area contributed by atoms with Crippen molar-refractivity contribution in [2.45, 2.75) is 12.8 Å². The van der Waals surface area contributed by atoms with Crippen LogP contribution in [-0.4, -0.2) is 36.6 Å². The van der Waals surface area contributed by atoms with Gasteiger partial charge in [0.25, 0.3) is 0 Å². The minimum absolute atomic E-state index is 0.0625. The minimum Gasteiger partial charge on any atom is -0.480 e. The summed E-state index contributed by atoms with van der Waals surface area (Å²) in [6.45, 7) is 0.557. The summed E-state index contributed by atoms with van der Waals surface area (Å²) in [5.41, 5.74) is 0.743. The zero-order chi connectivity index (χ0) is 16.2. The Hall–Kier alpha value is -2.30. The molecule has 3 rings (SSSR count). The molecule has 0 heterocycles. The molecule has 0 aliphatic heterocycles. The van der Waals surface area contributed by atoms with Crippen LogP contribution < -0.4 is 10.2 Å². The maximum Gasteiger partial charge on any atom is 0.323 e. The molecule has 0 radical (unpaired) electrons. The number of nitrogens with one attached hydrogen (secondary N) is 1. The van der Waals surface area contributed by atoms with Crippen molar-refractivity contribution in [3.63, 3.8) is 0 Å². The number of amides is 1. The highest BCUT2D eigenvalue weighted by Gasteiger charge is 2.35. The molecule has 23 heavy (non-hydrogen) atoms. The van der Waals surface area contributed by atoms with Gasteiger partial charge in [-0.2, -0.15) is 0 Å². The Morgan fingerprint density at radius 3 is 2.52 bits per heavy atom. The van der Waals surface area contributed by atoms with Crippen molar-refractivity contribution < 1.29 is 14.7 Å². The number of fused-ring (bicyclic) bond motifs is 2. The molecule has 3 atom stereocenters. The normalized spacial score (nSPS) is 24.6. The van der Waals surface area contributed by atoms with Gasteiger partial charge in [0.05, 0.1) is 6.54 Å². The number of benzene rings is 1. The van der Waals surface area contributed by atoms with Crippen LogP contribution in [-0.2, 0) is 9.59 Å². The van der Waals surface area contributed by atoms with Gasteiger partial charge in [0.15, 0.2) is 0 Å². The lowest BCUT2D eigenvalue weighted by Gasteiger charge is -2.23. The average molecular weight is 314 g/mol. The predicted molar refractivity (Wildman–Crippen MR) is 88.1 cm³/mol. The van der Waals surface area contributed by atoms with Crippen molar-refractivity contribution >= 4 is 17.6 Å². The van der Waals surface area contributed by atoms with E-state index in [0.717, 1.165) is 12.1 Å². The summed E-state index contributed by atoms with van der Waals surface area (Å²) in [7, 11) is 0. The molecule has 0 saturated heterocycles. The molecule has 5 nitrogen and oxygen atoms in total. The largest absolute Gasteiger partial charge is 0.480 e. The zero-order valence-corrected chi connectivity index (χ0v) is 13.0. The van der Waals surface area contributed by atoms with Crippen LogP contribution in [0.15, 0.2) is 42.5 Å². The van der Waals surface area contributed by atoms with Gasteiger partial charge in [0, 0.05) is 12.2 Å². The predicted octanol–water partition coefficient (Wildman–Crippen LogP) is 1.91. The Kier molecular flexibility index (Phi) is 4.65. The molecule has 1 aromatic rings. The van der Waals surface area contributed by atoms with Crippen molar-refractivity contribution in [1.29, 1.82) is 0 Å². The van der Waals surface area contributed by atoms with E-state index in [4.69, 9.17) is 5.11 Å². The van der Waals surface area contributed by atoms with Crippen LogP contribution in [0.3, 0.4) is 0 Å². The molecule has 1 fully saturated rings. The Morgan fingerprint density at radius 1 is 1.13 bits per heavy atom. The fourth-order valence-corrected chi connectivity index (χ4v) is 3.64. The maximum absolute atomic E-state index is 12.2. The smallest absolute Gasteiger partial charge is 0.323 e. The standard InChI is InChI=1S/C18H22N2O3/c21-17(19-10-15-9-13-6-7-14(15)8-13)11-20(12-18(22)23)16-4-2-1-3-5-16/h1-7,13-15H,8-12H2,(H,19,21)(H,22,23)/t13-,14+,15+/m0/s1. The third kappa shape index (κ3) is 3.92. The van der Waals surface area contributed by atoms with Crippen LogP contribution in [0.2, 0.25) is 0 Å². The SMILES string of the molecule is O=C(O)CN(CC(=O)NC[C@H]1C[C@H]2C=C[C@@H]1C2)c1ccccc1. The number of carbonyl (C=O) groups excluding carboxylic acids is 1. The number of aliphatic carboxylic acids is 1. The average Bonchev–Trinajstić information content (AvgIpc) is 3.15. The van der Waals surface area contributed by atoms with Crippen molar-refractivity contribution in [2.24, 2.45) is 17.8 Å². The van der Waals surface area contributed by atoms with Crippen LogP contribution >= 0.6 is 0 Å². The van der Waals surface area contributed by atoms with E-state index in [1.807, 2.05) is 30.3 Å². The number of allylic oxidation sites excluding steroid dienone is 2. The number of para-hydroxylation sites is 1. The van der Waals surface area contributed by atoms with Gasteiger partial charge in [-0.3, -0.25) is 9.59 Å². The maximum atomic E-state index is 12.2. The Bertz CT molecular complexity index is 600. The van der Waals surface area contributed by atoms with Gasteiger partial charge in [0.2, 0.25) is 5.91 Å². The molecule has 0 aromatic heterocycles. The molecule has 0 unspecified atom stereocenters. The zero-order valence-electron chi connectivity index (χ0n) is 13.0. The van der Waals surface area contributed by atoms with E-state index in [0.29, 0.717) is 24.3 Å². The van der Waals surface area contributed by atoms with Crippen LogP contribution in [0.5, 0.6) is 0 Å². The van der Waals surface area contributed by atoms with Gasteiger partial charge in [-0.05, 0) is 42.7 Å². The minimum atomic E-state index is -0.945. The highest BCUT2D eigenvalue weighted by Crippen LogP contribution is 2.42. The second-order valence-corrected chi connectivity index (χ2v) is 6.43. The third-order valence-electron chi connectivity index (χ3n) is 4.76. The van der Waals surface area contributed by atoms with Crippen LogP contribution in [0.1, 0.15) is 12.8 Å². The highest BCUT2D eigenvalue weighted by molar-refractivity contribution is 5.84.